The molecule has 4 aliphatic heterocycles. The van der Waals surface area contributed by atoms with Crippen LogP contribution in [0.15, 0.2) is 67.3 Å². The Kier molecular flexibility index (Phi) is 11.8. The number of nitrogens with zero attached hydrogens (tertiary/aromatic N) is 11. The van der Waals surface area contributed by atoms with Gasteiger partial charge in [-0.1, -0.05) is 0 Å². The SMILES string of the molecule is Cc1cc(Nc2ncn(-c3cc(F)cc(F)c3)n2)nc(N2CC(C3COC3)C2)c1.Nc1nc(N2CCN(C3CCOC3)CC2)cc(C(F)(F)F)c1-c1ncn(-c2cc(F)cc(F)c2)n1. The lowest BCUT2D eigenvalue weighted by Gasteiger charge is -2.46. The fourth-order valence-corrected chi connectivity index (χ4v) is 8.10. The number of aromatic nitrogens is 8. The molecule has 4 aliphatic rings. The Morgan fingerprint density at radius 2 is 1.31 bits per heavy atom. The highest BCUT2D eigenvalue weighted by Crippen LogP contribution is 2.41. The van der Waals surface area contributed by atoms with E-state index in [-0.39, 0.29) is 28.8 Å². The Morgan fingerprint density at radius 1 is 0.688 bits per heavy atom. The fraction of sp³-hybridized carbons (Fsp3) is 0.381. The normalized spacial score (nSPS) is 18.4. The molecule has 22 heteroatoms. The van der Waals surface area contributed by atoms with E-state index in [4.69, 9.17) is 15.2 Å². The standard InChI is InChI=1S/C22H22F5N7O.C20H20F2N6O/c23-13-7-14(24)9-16(8-13)34-12-29-21(31-34)19-17(22(25,26)27)10-18(30-20(19)28)33-4-2-32(3-5-33)15-1-6-35-11-15;1-12-2-18(24-19(3-12)27-7-13(8-27)14-9-29-10-14)25-20-23-11-28(26-20)17-5-15(21)4-16(22)6-17/h7-10,12,15H,1-6,11H2,(H2,28,30);2-6,11,13-14H,7-10H2,1H3,(H,24,25,26). The molecular formula is C42H42F7N13O2. The van der Waals surface area contributed by atoms with Crippen LogP contribution >= 0.6 is 0 Å². The topological polar surface area (TPSA) is 153 Å². The number of hydrogen-bond acceptors (Lipinski definition) is 13. The number of nitrogen functional groups attached to an aromatic ring is 1. The smallest absolute Gasteiger partial charge is 0.383 e. The van der Waals surface area contributed by atoms with Crippen molar-refractivity contribution in [3.63, 3.8) is 0 Å². The first-order valence-electron chi connectivity index (χ1n) is 20.5. The molecule has 6 aromatic rings. The summed E-state index contributed by atoms with van der Waals surface area (Å²) >= 11 is 0. The van der Waals surface area contributed by atoms with Gasteiger partial charge in [0.2, 0.25) is 5.95 Å². The number of halogens is 7. The summed E-state index contributed by atoms with van der Waals surface area (Å²) in [6, 6.07) is 11.1. The van der Waals surface area contributed by atoms with Crippen molar-refractivity contribution < 1.29 is 40.2 Å². The van der Waals surface area contributed by atoms with Gasteiger partial charge < -0.3 is 30.3 Å². The van der Waals surface area contributed by atoms with Crippen molar-refractivity contribution in [3.8, 4) is 22.8 Å². The Balaban J connectivity index is 0.000000165. The molecule has 0 amide bonds. The van der Waals surface area contributed by atoms with E-state index >= 15 is 0 Å². The van der Waals surface area contributed by atoms with Crippen LogP contribution in [0.3, 0.4) is 0 Å². The van der Waals surface area contributed by atoms with E-state index in [9.17, 15) is 30.7 Å². The van der Waals surface area contributed by atoms with Gasteiger partial charge in [-0.15, -0.1) is 10.2 Å². The van der Waals surface area contributed by atoms with Crippen molar-refractivity contribution in [2.45, 2.75) is 25.6 Å². The molecule has 0 spiro atoms. The highest BCUT2D eigenvalue weighted by atomic mass is 19.4. The van der Waals surface area contributed by atoms with E-state index < -0.39 is 40.6 Å². The molecule has 4 saturated heterocycles. The van der Waals surface area contributed by atoms with Crippen LogP contribution in [0.5, 0.6) is 0 Å². The predicted molar refractivity (Wildman–Crippen MR) is 220 cm³/mol. The summed E-state index contributed by atoms with van der Waals surface area (Å²) in [4.78, 5) is 23.3. The zero-order chi connectivity index (χ0) is 44.7. The molecule has 0 aliphatic carbocycles. The third-order valence-electron chi connectivity index (χ3n) is 11.6. The molecular weight excluding hydrogens is 852 g/mol. The lowest BCUT2D eigenvalue weighted by Crippen LogP contribution is -2.54. The van der Waals surface area contributed by atoms with Gasteiger partial charge in [0, 0.05) is 75.9 Å². The second-order valence-corrected chi connectivity index (χ2v) is 16.1. The largest absolute Gasteiger partial charge is 0.417 e. The molecule has 64 heavy (non-hydrogen) atoms. The van der Waals surface area contributed by atoms with Crippen molar-refractivity contribution in [2.75, 3.05) is 86.5 Å². The van der Waals surface area contributed by atoms with Gasteiger partial charge in [0.1, 0.15) is 59.2 Å². The summed E-state index contributed by atoms with van der Waals surface area (Å²) < 4.78 is 109. The number of anilines is 5. The Bertz CT molecular complexity index is 2580. The van der Waals surface area contributed by atoms with Gasteiger partial charge in [-0.05, 0) is 61.4 Å². The summed E-state index contributed by atoms with van der Waals surface area (Å²) in [6.45, 7) is 9.46. The summed E-state index contributed by atoms with van der Waals surface area (Å²) in [6.07, 6.45) is -1.36. The quantitative estimate of drug-likeness (QED) is 0.159. The van der Waals surface area contributed by atoms with Crippen molar-refractivity contribution in [2.24, 2.45) is 11.8 Å². The lowest BCUT2D eigenvalue weighted by atomic mass is 9.84. The predicted octanol–water partition coefficient (Wildman–Crippen LogP) is 6.19. The number of nitrogens with two attached hydrogens (primary N) is 1. The number of benzene rings is 2. The monoisotopic (exact) mass is 893 g/mol. The van der Waals surface area contributed by atoms with Crippen LogP contribution in [0.25, 0.3) is 22.8 Å². The van der Waals surface area contributed by atoms with Gasteiger partial charge in [0.05, 0.1) is 42.3 Å². The molecule has 0 bridgehead atoms. The molecule has 4 fully saturated rings. The zero-order valence-electron chi connectivity index (χ0n) is 34.3. The molecule has 10 rings (SSSR count). The highest BCUT2D eigenvalue weighted by molar-refractivity contribution is 5.75. The maximum absolute atomic E-state index is 14.1. The highest BCUT2D eigenvalue weighted by Gasteiger charge is 2.39. The first-order chi connectivity index (χ1) is 30.7. The van der Waals surface area contributed by atoms with Crippen molar-refractivity contribution >= 4 is 29.2 Å². The number of piperazine rings is 1. The minimum Gasteiger partial charge on any atom is -0.383 e. The molecule has 3 N–H and O–H groups in total. The number of rotatable bonds is 9. The van der Waals surface area contributed by atoms with Gasteiger partial charge in [0.15, 0.2) is 5.82 Å². The van der Waals surface area contributed by atoms with E-state index in [1.54, 1.807) is 4.90 Å². The number of hydrogen-bond donors (Lipinski definition) is 2. The average molecular weight is 894 g/mol. The minimum atomic E-state index is -4.76. The van der Waals surface area contributed by atoms with Gasteiger partial charge >= 0.3 is 6.18 Å². The van der Waals surface area contributed by atoms with E-state index in [1.807, 2.05) is 13.0 Å². The number of alkyl halides is 3. The number of nitrogens with one attached hydrogen (secondary N) is 1. The molecule has 8 heterocycles. The number of aryl methyl sites for hydroxylation is 1. The molecule has 1 unspecified atom stereocenters. The van der Waals surface area contributed by atoms with Gasteiger partial charge in [-0.2, -0.15) is 18.2 Å². The summed E-state index contributed by atoms with van der Waals surface area (Å²) in [5.41, 5.74) is 5.77. The number of ether oxygens (including phenoxy) is 2. The summed E-state index contributed by atoms with van der Waals surface area (Å²) in [5.74, 6) is -0.505. The van der Waals surface area contributed by atoms with Crippen LogP contribution in [-0.4, -0.2) is 116 Å². The molecule has 0 saturated carbocycles. The first-order valence-corrected chi connectivity index (χ1v) is 20.5. The van der Waals surface area contributed by atoms with Crippen LogP contribution < -0.4 is 20.9 Å². The minimum absolute atomic E-state index is 0.0384. The third-order valence-corrected chi connectivity index (χ3v) is 11.6. The van der Waals surface area contributed by atoms with Gasteiger partial charge in [0.25, 0.3) is 0 Å². The first kappa shape index (κ1) is 42.9. The summed E-state index contributed by atoms with van der Waals surface area (Å²) in [5, 5.41) is 11.3. The van der Waals surface area contributed by atoms with Crippen LogP contribution in [0.1, 0.15) is 17.5 Å². The maximum Gasteiger partial charge on any atom is 0.417 e. The van der Waals surface area contributed by atoms with Crippen LogP contribution in [0.2, 0.25) is 0 Å². The third kappa shape index (κ3) is 9.43. The molecule has 2 aromatic carbocycles. The molecule has 0 radical (unpaired) electrons. The second kappa shape index (κ2) is 17.6. The molecule has 336 valence electrons. The molecule has 4 aromatic heterocycles. The van der Waals surface area contributed by atoms with Crippen LogP contribution in [0, 0.1) is 42.0 Å². The van der Waals surface area contributed by atoms with Crippen molar-refractivity contribution in [3.05, 3.63) is 102 Å². The van der Waals surface area contributed by atoms with Crippen LogP contribution in [-0.2, 0) is 15.7 Å². The lowest BCUT2D eigenvalue weighted by molar-refractivity contribution is -0.137. The van der Waals surface area contributed by atoms with E-state index in [0.29, 0.717) is 68.5 Å². The Morgan fingerprint density at radius 3 is 1.91 bits per heavy atom. The van der Waals surface area contributed by atoms with Crippen molar-refractivity contribution in [1.29, 1.82) is 0 Å². The average Bonchev–Trinajstić information content (AvgIpc) is 4.01. The molecule has 15 nitrogen and oxygen atoms in total. The van der Waals surface area contributed by atoms with Gasteiger partial charge in [-0.25, -0.2) is 41.9 Å². The maximum atomic E-state index is 14.1. The molecule has 1 atom stereocenters. The van der Waals surface area contributed by atoms with E-state index in [1.165, 1.54) is 23.1 Å². The second-order valence-electron chi connectivity index (χ2n) is 16.1. The Hall–Kier alpha value is -6.39. The fourth-order valence-electron chi connectivity index (χ4n) is 8.10. The van der Waals surface area contributed by atoms with Crippen molar-refractivity contribution in [1.82, 2.24) is 44.4 Å². The van der Waals surface area contributed by atoms with Crippen LogP contribution in [0.4, 0.5) is 60.0 Å². The zero-order valence-corrected chi connectivity index (χ0v) is 34.3. The number of pyridine rings is 2. The van der Waals surface area contributed by atoms with E-state index in [0.717, 1.165) is 86.0 Å². The summed E-state index contributed by atoms with van der Waals surface area (Å²) in [7, 11) is 0. The van der Waals surface area contributed by atoms with Gasteiger partial charge in [-0.3, -0.25) is 4.90 Å². The Labute approximate surface area is 361 Å². The van der Waals surface area contributed by atoms with E-state index in [2.05, 4.69) is 51.3 Å².